The van der Waals surface area contributed by atoms with Crippen LogP contribution in [0, 0.1) is 0 Å². The summed E-state index contributed by atoms with van der Waals surface area (Å²) in [4.78, 5) is 19.0. The summed E-state index contributed by atoms with van der Waals surface area (Å²) in [6, 6.07) is 9.91. The Balaban J connectivity index is 1.43. The van der Waals surface area contributed by atoms with Gasteiger partial charge in [-0.2, -0.15) is 13.2 Å². The Morgan fingerprint density at radius 3 is 2.59 bits per heavy atom. The molecule has 0 radical (unpaired) electrons. The lowest BCUT2D eigenvalue weighted by Crippen LogP contribution is -2.31. The fourth-order valence-electron chi connectivity index (χ4n) is 2.97. The molecule has 3 rings (SSSR count). The van der Waals surface area contributed by atoms with E-state index in [-0.39, 0.29) is 18.9 Å². The zero-order chi connectivity index (χ0) is 23.4. The van der Waals surface area contributed by atoms with Crippen LogP contribution in [0.2, 0.25) is 5.02 Å². The van der Waals surface area contributed by atoms with Crippen LogP contribution in [0.15, 0.2) is 47.4 Å². The van der Waals surface area contributed by atoms with Crippen LogP contribution in [0.1, 0.15) is 24.2 Å². The molecule has 0 spiro atoms. The topological polar surface area (TPSA) is 104 Å². The van der Waals surface area contributed by atoms with E-state index < -0.39 is 31.7 Å². The second-order valence-corrected chi connectivity index (χ2v) is 9.12. The van der Waals surface area contributed by atoms with Gasteiger partial charge < -0.3 is 10.3 Å². The number of aromatic amines is 1. The van der Waals surface area contributed by atoms with Crippen molar-refractivity contribution in [1.29, 1.82) is 0 Å². The predicted octanol–water partition coefficient (Wildman–Crippen LogP) is 3.65. The summed E-state index contributed by atoms with van der Waals surface area (Å²) in [5.74, 6) is 0.416. The quantitative estimate of drug-likeness (QED) is 0.400. The first-order valence-electron chi connectivity index (χ1n) is 9.63. The number of aromatic nitrogens is 2. The van der Waals surface area contributed by atoms with E-state index in [0.717, 1.165) is 29.0 Å². The van der Waals surface area contributed by atoms with Gasteiger partial charge in [-0.15, -0.1) is 0 Å². The fraction of sp³-hybridized carbons (Fsp3) is 0.300. The van der Waals surface area contributed by atoms with Crippen LogP contribution in [-0.4, -0.2) is 37.4 Å². The number of halogens is 4. The molecule has 32 heavy (non-hydrogen) atoms. The van der Waals surface area contributed by atoms with Crippen molar-refractivity contribution < 1.29 is 26.4 Å². The number of H-pyrrole nitrogens is 1. The van der Waals surface area contributed by atoms with Crippen LogP contribution in [0.5, 0.6) is 0 Å². The number of para-hydroxylation sites is 2. The van der Waals surface area contributed by atoms with Crippen LogP contribution in [0.4, 0.5) is 13.2 Å². The number of imidazole rings is 1. The number of aryl methyl sites for hydroxylation is 1. The van der Waals surface area contributed by atoms with E-state index in [1.165, 1.54) is 0 Å². The van der Waals surface area contributed by atoms with Crippen molar-refractivity contribution in [2.45, 2.75) is 30.3 Å². The molecule has 172 valence electrons. The molecule has 0 fully saturated rings. The first-order valence-corrected chi connectivity index (χ1v) is 11.5. The molecular weight excluding hydrogens is 469 g/mol. The lowest BCUT2D eigenvalue weighted by molar-refractivity contribution is -0.137. The molecule has 12 heteroatoms. The first kappa shape index (κ1) is 24.0. The minimum atomic E-state index is -4.79. The summed E-state index contributed by atoms with van der Waals surface area (Å²) >= 11 is 5.50. The molecule has 2 aromatic carbocycles. The van der Waals surface area contributed by atoms with Gasteiger partial charge in [0.1, 0.15) is 5.82 Å². The highest BCUT2D eigenvalue weighted by atomic mass is 35.5. The third-order valence-corrected chi connectivity index (χ3v) is 6.34. The largest absolute Gasteiger partial charge is 0.417 e. The monoisotopic (exact) mass is 488 g/mol. The molecule has 0 bridgehead atoms. The number of hydrogen-bond acceptors (Lipinski definition) is 4. The summed E-state index contributed by atoms with van der Waals surface area (Å²) in [6.45, 7) is 0.108. The van der Waals surface area contributed by atoms with Gasteiger partial charge in [-0.1, -0.05) is 23.7 Å². The van der Waals surface area contributed by atoms with Crippen LogP contribution < -0.4 is 10.0 Å². The number of benzene rings is 2. The van der Waals surface area contributed by atoms with Crippen molar-refractivity contribution in [1.82, 2.24) is 20.0 Å². The average molecular weight is 489 g/mol. The number of carbonyl (C=O) groups excluding carboxylic acids is 1. The highest BCUT2D eigenvalue weighted by molar-refractivity contribution is 7.89. The van der Waals surface area contributed by atoms with Crippen molar-refractivity contribution in [3.8, 4) is 0 Å². The number of alkyl halides is 3. The molecule has 0 unspecified atom stereocenters. The van der Waals surface area contributed by atoms with Gasteiger partial charge in [-0.25, -0.2) is 18.1 Å². The van der Waals surface area contributed by atoms with Gasteiger partial charge in [-0.05, 0) is 36.8 Å². The van der Waals surface area contributed by atoms with Gasteiger partial charge in [0, 0.05) is 25.9 Å². The predicted molar refractivity (Wildman–Crippen MR) is 114 cm³/mol. The van der Waals surface area contributed by atoms with E-state index in [1.54, 1.807) is 0 Å². The number of carbonyl (C=O) groups is 1. The number of hydrogen-bond donors (Lipinski definition) is 3. The van der Waals surface area contributed by atoms with Gasteiger partial charge >= 0.3 is 6.18 Å². The second kappa shape index (κ2) is 9.88. The summed E-state index contributed by atoms with van der Waals surface area (Å²) in [7, 11) is -4.23. The van der Waals surface area contributed by atoms with Crippen molar-refractivity contribution in [2.24, 2.45) is 0 Å². The summed E-state index contributed by atoms with van der Waals surface area (Å²) in [6.07, 6.45) is -3.70. The molecule has 1 aromatic heterocycles. The van der Waals surface area contributed by atoms with Crippen LogP contribution in [-0.2, 0) is 27.4 Å². The van der Waals surface area contributed by atoms with E-state index in [2.05, 4.69) is 20.0 Å². The van der Waals surface area contributed by atoms with E-state index in [9.17, 15) is 26.4 Å². The molecule has 0 aliphatic rings. The van der Waals surface area contributed by atoms with Crippen molar-refractivity contribution >= 4 is 38.6 Å². The lowest BCUT2D eigenvalue weighted by Gasteiger charge is -2.12. The number of nitrogens with zero attached hydrogens (tertiary/aromatic N) is 1. The Hall–Kier alpha value is -2.63. The van der Waals surface area contributed by atoms with E-state index in [0.29, 0.717) is 25.5 Å². The summed E-state index contributed by atoms with van der Waals surface area (Å²) in [5, 5.41) is 2.07. The average Bonchev–Trinajstić information content (AvgIpc) is 3.13. The number of rotatable bonds is 9. The SMILES string of the molecule is O=C(CCNS(=O)(=O)c1ccc(Cl)c(C(F)(F)F)c1)NCCCc1nc2ccccc2[nH]1. The first-order chi connectivity index (χ1) is 15.1. The molecule has 3 aromatic rings. The highest BCUT2D eigenvalue weighted by Gasteiger charge is 2.34. The van der Waals surface area contributed by atoms with Crippen molar-refractivity contribution in [3.05, 3.63) is 58.9 Å². The molecule has 3 N–H and O–H groups in total. The molecule has 0 aliphatic heterocycles. The Bertz CT molecular complexity index is 1180. The second-order valence-electron chi connectivity index (χ2n) is 6.94. The van der Waals surface area contributed by atoms with Crippen LogP contribution >= 0.6 is 11.6 Å². The zero-order valence-corrected chi connectivity index (χ0v) is 18.2. The zero-order valence-electron chi connectivity index (χ0n) is 16.7. The van der Waals surface area contributed by atoms with Gasteiger partial charge in [0.05, 0.1) is 26.5 Å². The van der Waals surface area contributed by atoms with Crippen LogP contribution in [0.3, 0.4) is 0 Å². The van der Waals surface area contributed by atoms with Crippen molar-refractivity contribution in [2.75, 3.05) is 13.1 Å². The Labute approximate surface area is 187 Å². The molecule has 0 saturated carbocycles. The standard InChI is InChI=1S/C20H20ClF3N4O3S/c21-15-8-7-13(12-14(15)20(22,23)24)32(30,31)26-11-9-19(29)25-10-3-6-18-27-16-4-1-2-5-17(16)28-18/h1-2,4-5,7-8,12,26H,3,6,9-11H2,(H,25,29)(H,27,28). The third kappa shape index (κ3) is 6.21. The normalized spacial score (nSPS) is 12.2. The molecule has 0 atom stereocenters. The summed E-state index contributed by atoms with van der Waals surface area (Å²) in [5.41, 5.74) is 0.549. The maximum absolute atomic E-state index is 12.9. The van der Waals surface area contributed by atoms with Gasteiger partial charge in [0.2, 0.25) is 15.9 Å². The van der Waals surface area contributed by atoms with Crippen LogP contribution in [0.25, 0.3) is 11.0 Å². The minimum Gasteiger partial charge on any atom is -0.356 e. The smallest absolute Gasteiger partial charge is 0.356 e. The number of nitrogens with one attached hydrogen (secondary N) is 3. The molecular formula is C20H20ClF3N4O3S. The number of fused-ring (bicyclic) bond motifs is 1. The molecule has 0 aliphatic carbocycles. The Kier molecular flexibility index (Phi) is 7.42. The number of sulfonamides is 1. The third-order valence-electron chi connectivity index (χ3n) is 4.55. The van der Waals surface area contributed by atoms with E-state index >= 15 is 0 Å². The summed E-state index contributed by atoms with van der Waals surface area (Å²) < 4.78 is 65.4. The van der Waals surface area contributed by atoms with Gasteiger partial charge in [-0.3, -0.25) is 4.79 Å². The number of amides is 1. The van der Waals surface area contributed by atoms with E-state index in [1.807, 2.05) is 24.3 Å². The Morgan fingerprint density at radius 2 is 1.88 bits per heavy atom. The highest BCUT2D eigenvalue weighted by Crippen LogP contribution is 2.35. The maximum atomic E-state index is 12.9. The Morgan fingerprint density at radius 1 is 1.12 bits per heavy atom. The maximum Gasteiger partial charge on any atom is 0.417 e. The lowest BCUT2D eigenvalue weighted by atomic mass is 10.2. The molecule has 1 heterocycles. The molecule has 0 saturated heterocycles. The van der Waals surface area contributed by atoms with Gasteiger partial charge in [0.25, 0.3) is 0 Å². The van der Waals surface area contributed by atoms with E-state index in [4.69, 9.17) is 11.6 Å². The van der Waals surface area contributed by atoms with Crippen molar-refractivity contribution in [3.63, 3.8) is 0 Å². The molecule has 7 nitrogen and oxygen atoms in total. The molecule has 1 amide bonds. The minimum absolute atomic E-state index is 0.163. The van der Waals surface area contributed by atoms with Gasteiger partial charge in [0.15, 0.2) is 0 Å². The fourth-order valence-corrected chi connectivity index (χ4v) is 4.25.